The van der Waals surface area contributed by atoms with E-state index >= 15 is 0 Å². The van der Waals surface area contributed by atoms with Crippen molar-refractivity contribution in [3.8, 4) is 0 Å². The zero-order valence-corrected chi connectivity index (χ0v) is 13.4. The number of nitrogens with one attached hydrogen (secondary N) is 2. The summed E-state index contributed by atoms with van der Waals surface area (Å²) in [6.07, 6.45) is 0. The number of hydrogen-bond donors (Lipinski definition) is 2. The minimum absolute atomic E-state index is 0.260. The molecule has 2 amide bonds. The molecular formula is C15H24ClN3O2. The molecule has 0 heterocycles. The number of likely N-dealkylation sites (N-methyl/N-ethyl adjacent to an activating group) is 1. The number of nitrogens with zero attached hydrogens (tertiary/aromatic N) is 1. The molecular weight excluding hydrogens is 290 g/mol. The van der Waals surface area contributed by atoms with Crippen LogP contribution in [0.15, 0.2) is 24.3 Å². The number of ether oxygens (including phenoxy) is 1. The predicted octanol–water partition coefficient (Wildman–Crippen LogP) is 2.82. The highest BCUT2D eigenvalue weighted by atomic mass is 35.5. The summed E-state index contributed by atoms with van der Waals surface area (Å²) in [7, 11) is 0. The van der Waals surface area contributed by atoms with Crippen molar-refractivity contribution in [2.24, 2.45) is 0 Å². The first-order chi connectivity index (χ1) is 10.2. The average Bonchev–Trinajstić information content (AvgIpc) is 2.46. The summed E-state index contributed by atoms with van der Waals surface area (Å²) in [5, 5.41) is 6.04. The molecule has 6 heteroatoms. The van der Waals surface area contributed by atoms with Crippen molar-refractivity contribution in [3.05, 3.63) is 29.3 Å². The molecule has 118 valence electrons. The van der Waals surface area contributed by atoms with Gasteiger partial charge in [0.25, 0.3) is 0 Å². The highest BCUT2D eigenvalue weighted by Gasteiger charge is 2.02. The van der Waals surface area contributed by atoms with Crippen molar-refractivity contribution in [2.45, 2.75) is 13.8 Å². The molecule has 0 radical (unpaired) electrons. The molecule has 21 heavy (non-hydrogen) atoms. The van der Waals surface area contributed by atoms with E-state index in [1.165, 1.54) is 0 Å². The van der Waals surface area contributed by atoms with Crippen LogP contribution in [0.3, 0.4) is 0 Å². The fourth-order valence-corrected chi connectivity index (χ4v) is 2.00. The first-order valence-electron chi connectivity index (χ1n) is 7.26. The van der Waals surface area contributed by atoms with Crippen LogP contribution < -0.4 is 10.6 Å². The van der Waals surface area contributed by atoms with Crippen molar-refractivity contribution in [3.63, 3.8) is 0 Å². The van der Waals surface area contributed by atoms with Crippen molar-refractivity contribution in [1.29, 1.82) is 0 Å². The minimum atomic E-state index is -0.260. The van der Waals surface area contributed by atoms with Gasteiger partial charge in [-0.15, -0.1) is 0 Å². The molecule has 1 aromatic rings. The Labute approximate surface area is 131 Å². The van der Waals surface area contributed by atoms with E-state index in [9.17, 15) is 4.79 Å². The average molecular weight is 314 g/mol. The summed E-state index contributed by atoms with van der Waals surface area (Å²) in [6, 6.07) is 6.76. The van der Waals surface area contributed by atoms with Gasteiger partial charge in [0.05, 0.1) is 13.2 Å². The molecule has 0 saturated carbocycles. The lowest BCUT2D eigenvalue weighted by molar-refractivity contribution is 0.110. The maximum atomic E-state index is 11.6. The first kappa shape index (κ1) is 17.8. The van der Waals surface area contributed by atoms with Crippen LogP contribution in [0.1, 0.15) is 13.8 Å². The van der Waals surface area contributed by atoms with Crippen molar-refractivity contribution in [1.82, 2.24) is 10.2 Å². The summed E-state index contributed by atoms with van der Waals surface area (Å²) < 4.78 is 5.48. The maximum absolute atomic E-state index is 11.6. The lowest BCUT2D eigenvalue weighted by atomic mass is 10.3. The van der Waals surface area contributed by atoms with E-state index in [1.807, 2.05) is 0 Å². The summed E-state index contributed by atoms with van der Waals surface area (Å²) in [4.78, 5) is 13.9. The van der Waals surface area contributed by atoms with Crippen molar-refractivity contribution < 1.29 is 9.53 Å². The van der Waals surface area contributed by atoms with Crippen LogP contribution in [-0.4, -0.2) is 50.3 Å². The first-order valence-corrected chi connectivity index (χ1v) is 7.64. The fourth-order valence-electron chi connectivity index (χ4n) is 1.81. The summed E-state index contributed by atoms with van der Waals surface area (Å²) in [5.41, 5.74) is 0.669. The van der Waals surface area contributed by atoms with Crippen LogP contribution in [0.5, 0.6) is 0 Å². The van der Waals surface area contributed by atoms with Gasteiger partial charge in [0, 0.05) is 23.8 Å². The standard InChI is InChI=1S/C15H24ClN3O2/c1-3-19(4-2)9-11-21-10-8-17-15(20)18-14-7-5-6-13(16)12-14/h5-7,12H,3-4,8-11H2,1-2H3,(H2,17,18,20). The highest BCUT2D eigenvalue weighted by molar-refractivity contribution is 6.30. The summed E-state index contributed by atoms with van der Waals surface area (Å²) >= 11 is 5.84. The molecule has 5 nitrogen and oxygen atoms in total. The van der Waals surface area contributed by atoms with Crippen LogP contribution in [-0.2, 0) is 4.74 Å². The molecule has 0 aliphatic rings. The van der Waals surface area contributed by atoms with E-state index in [2.05, 4.69) is 29.4 Å². The molecule has 0 saturated heterocycles. The molecule has 0 aliphatic heterocycles. The Kier molecular flexibility index (Phi) is 8.82. The zero-order valence-electron chi connectivity index (χ0n) is 12.7. The molecule has 1 rings (SSSR count). The number of hydrogen-bond acceptors (Lipinski definition) is 3. The van der Waals surface area contributed by atoms with E-state index in [-0.39, 0.29) is 6.03 Å². The van der Waals surface area contributed by atoms with Gasteiger partial charge in [-0.25, -0.2) is 4.79 Å². The third kappa shape index (κ3) is 7.90. The zero-order chi connectivity index (χ0) is 15.5. The third-order valence-corrected chi connectivity index (χ3v) is 3.30. The van der Waals surface area contributed by atoms with Crippen LogP contribution in [0.4, 0.5) is 10.5 Å². The second-order valence-electron chi connectivity index (χ2n) is 4.53. The predicted molar refractivity (Wildman–Crippen MR) is 87.1 cm³/mol. The third-order valence-electron chi connectivity index (χ3n) is 3.06. The van der Waals surface area contributed by atoms with Gasteiger partial charge in [-0.2, -0.15) is 0 Å². The molecule has 0 spiro atoms. The van der Waals surface area contributed by atoms with Gasteiger partial charge in [0.1, 0.15) is 0 Å². The van der Waals surface area contributed by atoms with Crippen LogP contribution in [0.2, 0.25) is 5.02 Å². The number of amides is 2. The Bertz CT molecular complexity index is 425. The number of carbonyl (C=O) groups excluding carboxylic acids is 1. The van der Waals surface area contributed by atoms with Gasteiger partial charge < -0.3 is 20.3 Å². The van der Waals surface area contributed by atoms with E-state index in [1.54, 1.807) is 24.3 Å². The Morgan fingerprint density at radius 3 is 2.71 bits per heavy atom. The van der Waals surface area contributed by atoms with E-state index in [4.69, 9.17) is 16.3 Å². The number of urea groups is 1. The molecule has 2 N–H and O–H groups in total. The largest absolute Gasteiger partial charge is 0.378 e. The summed E-state index contributed by atoms with van der Waals surface area (Å²) in [5.74, 6) is 0. The number of rotatable bonds is 9. The van der Waals surface area contributed by atoms with E-state index in [0.717, 1.165) is 19.6 Å². The quantitative estimate of drug-likeness (QED) is 0.689. The lowest BCUT2D eigenvalue weighted by Crippen LogP contribution is -2.32. The van der Waals surface area contributed by atoms with Crippen molar-refractivity contribution in [2.75, 3.05) is 44.7 Å². The molecule has 0 unspecified atom stereocenters. The van der Waals surface area contributed by atoms with Crippen LogP contribution in [0, 0.1) is 0 Å². The van der Waals surface area contributed by atoms with Crippen LogP contribution >= 0.6 is 11.6 Å². The number of halogens is 1. The molecule has 0 bridgehead atoms. The Morgan fingerprint density at radius 2 is 2.05 bits per heavy atom. The number of carbonyl (C=O) groups is 1. The molecule has 0 aromatic heterocycles. The second-order valence-corrected chi connectivity index (χ2v) is 4.97. The molecule has 0 aliphatic carbocycles. The lowest BCUT2D eigenvalue weighted by Gasteiger charge is -2.17. The van der Waals surface area contributed by atoms with Crippen LogP contribution in [0.25, 0.3) is 0 Å². The Balaban J connectivity index is 2.08. The number of benzene rings is 1. The van der Waals surface area contributed by atoms with Gasteiger partial charge >= 0.3 is 6.03 Å². The smallest absolute Gasteiger partial charge is 0.319 e. The monoisotopic (exact) mass is 313 g/mol. The second kappa shape index (κ2) is 10.4. The normalized spacial score (nSPS) is 10.7. The SMILES string of the molecule is CCN(CC)CCOCCNC(=O)Nc1cccc(Cl)c1. The Morgan fingerprint density at radius 1 is 1.29 bits per heavy atom. The van der Waals surface area contributed by atoms with E-state index < -0.39 is 0 Å². The molecule has 0 atom stereocenters. The fraction of sp³-hybridized carbons (Fsp3) is 0.533. The minimum Gasteiger partial charge on any atom is -0.378 e. The van der Waals surface area contributed by atoms with Crippen molar-refractivity contribution >= 4 is 23.3 Å². The topological polar surface area (TPSA) is 53.6 Å². The maximum Gasteiger partial charge on any atom is 0.319 e. The Hall–Kier alpha value is -1.30. The highest BCUT2D eigenvalue weighted by Crippen LogP contribution is 2.14. The molecule has 0 fully saturated rings. The number of anilines is 1. The van der Waals surface area contributed by atoms with Gasteiger partial charge in [-0.3, -0.25) is 0 Å². The van der Waals surface area contributed by atoms with E-state index in [0.29, 0.717) is 30.5 Å². The van der Waals surface area contributed by atoms with Gasteiger partial charge in [0.2, 0.25) is 0 Å². The molecule has 1 aromatic carbocycles. The van der Waals surface area contributed by atoms with Gasteiger partial charge in [-0.05, 0) is 31.3 Å². The van der Waals surface area contributed by atoms with Gasteiger partial charge in [0.15, 0.2) is 0 Å². The van der Waals surface area contributed by atoms with Gasteiger partial charge in [-0.1, -0.05) is 31.5 Å². The summed E-state index contributed by atoms with van der Waals surface area (Å²) in [6.45, 7) is 8.90.